The summed E-state index contributed by atoms with van der Waals surface area (Å²) in [6.45, 7) is 6.08. The number of rotatable bonds is 5. The smallest absolute Gasteiger partial charge is 0.234 e. The van der Waals surface area contributed by atoms with Gasteiger partial charge in [0.15, 0.2) is 0 Å². The van der Waals surface area contributed by atoms with E-state index in [4.69, 9.17) is 4.52 Å². The number of hydrogen-bond acceptors (Lipinski definition) is 4. The molecule has 0 radical (unpaired) electrons. The molecule has 1 saturated carbocycles. The molecule has 0 aromatic carbocycles. The van der Waals surface area contributed by atoms with Crippen molar-refractivity contribution in [2.45, 2.75) is 45.7 Å². The van der Waals surface area contributed by atoms with Crippen molar-refractivity contribution in [3.63, 3.8) is 0 Å². The lowest BCUT2D eigenvalue weighted by Crippen LogP contribution is -2.36. The quantitative estimate of drug-likeness (QED) is 0.808. The van der Waals surface area contributed by atoms with Gasteiger partial charge in [-0.15, -0.1) is 0 Å². The Morgan fingerprint density at radius 2 is 2.24 bits per heavy atom. The molecule has 94 valence electrons. The third-order valence-electron chi connectivity index (χ3n) is 3.03. The monoisotopic (exact) mass is 237 g/mol. The Kier molecular flexibility index (Phi) is 3.47. The Labute approximate surface area is 101 Å². The Morgan fingerprint density at radius 3 is 2.76 bits per heavy atom. The predicted molar refractivity (Wildman–Crippen MR) is 63.6 cm³/mol. The van der Waals surface area contributed by atoms with E-state index in [-0.39, 0.29) is 11.9 Å². The second-order valence-corrected chi connectivity index (χ2v) is 4.68. The summed E-state index contributed by atoms with van der Waals surface area (Å²) in [5.41, 5.74) is 1.82. The van der Waals surface area contributed by atoms with Crippen LogP contribution in [0.3, 0.4) is 0 Å². The molecule has 1 amide bonds. The Morgan fingerprint density at radius 1 is 1.53 bits per heavy atom. The first-order valence-corrected chi connectivity index (χ1v) is 6.03. The number of nitrogens with zero attached hydrogens (tertiary/aromatic N) is 1. The molecule has 0 bridgehead atoms. The van der Waals surface area contributed by atoms with Gasteiger partial charge in [0, 0.05) is 11.6 Å². The van der Waals surface area contributed by atoms with Crippen LogP contribution < -0.4 is 10.6 Å². The molecule has 0 saturated heterocycles. The first kappa shape index (κ1) is 12.1. The van der Waals surface area contributed by atoms with E-state index < -0.39 is 0 Å². The van der Waals surface area contributed by atoms with Gasteiger partial charge in [-0.05, 0) is 33.6 Å². The van der Waals surface area contributed by atoms with E-state index in [2.05, 4.69) is 15.8 Å². The molecule has 1 atom stereocenters. The van der Waals surface area contributed by atoms with Crippen LogP contribution in [0.5, 0.6) is 0 Å². The molecular weight excluding hydrogens is 218 g/mol. The maximum atomic E-state index is 11.7. The second kappa shape index (κ2) is 4.87. The summed E-state index contributed by atoms with van der Waals surface area (Å²) in [7, 11) is 0. The molecular formula is C12H19N3O2. The molecule has 5 nitrogen and oxygen atoms in total. The van der Waals surface area contributed by atoms with E-state index in [9.17, 15) is 4.79 Å². The van der Waals surface area contributed by atoms with Gasteiger partial charge in [-0.2, -0.15) is 0 Å². The zero-order chi connectivity index (χ0) is 12.4. The van der Waals surface area contributed by atoms with Crippen molar-refractivity contribution in [3.8, 4) is 0 Å². The van der Waals surface area contributed by atoms with Crippen molar-refractivity contribution in [1.82, 2.24) is 15.8 Å². The summed E-state index contributed by atoms with van der Waals surface area (Å²) >= 11 is 0. The van der Waals surface area contributed by atoms with Crippen LogP contribution in [0.25, 0.3) is 0 Å². The topological polar surface area (TPSA) is 67.2 Å². The van der Waals surface area contributed by atoms with Crippen molar-refractivity contribution in [1.29, 1.82) is 0 Å². The first-order valence-electron chi connectivity index (χ1n) is 6.03. The zero-order valence-corrected chi connectivity index (χ0v) is 10.5. The zero-order valence-electron chi connectivity index (χ0n) is 10.5. The summed E-state index contributed by atoms with van der Waals surface area (Å²) in [5, 5.41) is 10.0. The molecule has 2 rings (SSSR count). The number of aryl methyl sites for hydroxylation is 2. The highest BCUT2D eigenvalue weighted by atomic mass is 16.5. The number of nitrogens with one attached hydrogen (secondary N) is 2. The highest BCUT2D eigenvalue weighted by Gasteiger charge is 2.22. The fraction of sp³-hybridized carbons (Fsp3) is 0.667. The standard InChI is InChI=1S/C12H19N3O2/c1-7(12-8(2)15-17-9(12)3)14-11(16)6-13-10-4-5-10/h7,10,13H,4-6H2,1-3H3,(H,14,16). The fourth-order valence-corrected chi connectivity index (χ4v) is 2.00. The molecule has 1 aromatic rings. The van der Waals surface area contributed by atoms with Gasteiger partial charge < -0.3 is 15.2 Å². The van der Waals surface area contributed by atoms with Crippen molar-refractivity contribution in [3.05, 3.63) is 17.0 Å². The van der Waals surface area contributed by atoms with Crippen molar-refractivity contribution < 1.29 is 9.32 Å². The number of amides is 1. The maximum Gasteiger partial charge on any atom is 0.234 e. The molecule has 0 aliphatic heterocycles. The molecule has 17 heavy (non-hydrogen) atoms. The minimum atomic E-state index is -0.0604. The molecule has 1 fully saturated rings. The minimum absolute atomic E-state index is 0.0180. The molecule has 1 aromatic heterocycles. The van der Waals surface area contributed by atoms with Crippen LogP contribution in [0.1, 0.15) is 42.8 Å². The molecule has 1 aliphatic carbocycles. The van der Waals surface area contributed by atoms with Crippen LogP contribution >= 0.6 is 0 Å². The van der Waals surface area contributed by atoms with E-state index in [1.807, 2.05) is 20.8 Å². The predicted octanol–water partition coefficient (Wildman–Crippen LogP) is 1.22. The van der Waals surface area contributed by atoms with Crippen molar-refractivity contribution >= 4 is 5.91 Å². The van der Waals surface area contributed by atoms with Crippen LogP contribution in [0.15, 0.2) is 4.52 Å². The number of carbonyl (C=O) groups is 1. The summed E-state index contributed by atoms with van der Waals surface area (Å²) in [6, 6.07) is 0.491. The number of aromatic nitrogens is 1. The average molecular weight is 237 g/mol. The molecule has 1 unspecified atom stereocenters. The van der Waals surface area contributed by atoms with E-state index in [1.165, 1.54) is 12.8 Å². The highest BCUT2D eigenvalue weighted by molar-refractivity contribution is 5.78. The van der Waals surface area contributed by atoms with Crippen LogP contribution in [0.2, 0.25) is 0 Å². The van der Waals surface area contributed by atoms with Gasteiger partial charge in [0.1, 0.15) is 5.76 Å². The highest BCUT2D eigenvalue weighted by Crippen LogP contribution is 2.21. The Hall–Kier alpha value is -1.36. The van der Waals surface area contributed by atoms with Gasteiger partial charge >= 0.3 is 0 Å². The van der Waals surface area contributed by atoms with Gasteiger partial charge in [-0.25, -0.2) is 0 Å². The van der Waals surface area contributed by atoms with E-state index in [0.717, 1.165) is 17.0 Å². The van der Waals surface area contributed by atoms with Gasteiger partial charge in [0.2, 0.25) is 5.91 Å². The molecule has 1 aliphatic rings. The Balaban J connectivity index is 1.87. The summed E-state index contributed by atoms with van der Waals surface area (Å²) in [4.78, 5) is 11.7. The third-order valence-corrected chi connectivity index (χ3v) is 3.03. The van der Waals surface area contributed by atoms with Crippen LogP contribution in [0, 0.1) is 13.8 Å². The van der Waals surface area contributed by atoms with Crippen LogP contribution in [-0.4, -0.2) is 23.7 Å². The molecule has 5 heteroatoms. The SMILES string of the molecule is Cc1noc(C)c1C(C)NC(=O)CNC1CC1. The normalized spacial score (nSPS) is 16.9. The molecule has 1 heterocycles. The van der Waals surface area contributed by atoms with E-state index in [0.29, 0.717) is 12.6 Å². The second-order valence-electron chi connectivity index (χ2n) is 4.68. The summed E-state index contributed by atoms with van der Waals surface area (Å²) in [5.74, 6) is 0.787. The number of hydrogen-bond donors (Lipinski definition) is 2. The lowest BCUT2D eigenvalue weighted by Gasteiger charge is -2.13. The van der Waals surface area contributed by atoms with Gasteiger partial charge in [0.25, 0.3) is 0 Å². The van der Waals surface area contributed by atoms with Gasteiger partial charge in [-0.3, -0.25) is 4.79 Å². The molecule has 0 spiro atoms. The molecule has 2 N–H and O–H groups in total. The van der Waals surface area contributed by atoms with E-state index >= 15 is 0 Å². The number of carbonyl (C=O) groups excluding carboxylic acids is 1. The minimum Gasteiger partial charge on any atom is -0.361 e. The van der Waals surface area contributed by atoms with E-state index in [1.54, 1.807) is 0 Å². The third kappa shape index (κ3) is 3.06. The van der Waals surface area contributed by atoms with Crippen molar-refractivity contribution in [2.75, 3.05) is 6.54 Å². The lowest BCUT2D eigenvalue weighted by atomic mass is 10.1. The lowest BCUT2D eigenvalue weighted by molar-refractivity contribution is -0.120. The fourth-order valence-electron chi connectivity index (χ4n) is 2.00. The maximum absolute atomic E-state index is 11.7. The van der Waals surface area contributed by atoms with Gasteiger partial charge in [-0.1, -0.05) is 5.16 Å². The Bertz CT molecular complexity index is 390. The largest absolute Gasteiger partial charge is 0.361 e. The van der Waals surface area contributed by atoms with Gasteiger partial charge in [0.05, 0.1) is 18.3 Å². The first-order chi connectivity index (χ1) is 8.08. The summed E-state index contributed by atoms with van der Waals surface area (Å²) in [6.07, 6.45) is 2.37. The van der Waals surface area contributed by atoms with Crippen LogP contribution in [-0.2, 0) is 4.79 Å². The average Bonchev–Trinajstić information content (AvgIpc) is 3.02. The van der Waals surface area contributed by atoms with Crippen molar-refractivity contribution in [2.24, 2.45) is 0 Å². The summed E-state index contributed by atoms with van der Waals surface area (Å²) < 4.78 is 5.09. The van der Waals surface area contributed by atoms with Crippen LogP contribution in [0.4, 0.5) is 0 Å².